The molecule has 2 aliphatic rings. The van der Waals surface area contributed by atoms with E-state index in [1.165, 1.54) is 50.8 Å². The van der Waals surface area contributed by atoms with E-state index in [2.05, 4.69) is 115 Å². The van der Waals surface area contributed by atoms with Crippen LogP contribution in [-0.2, 0) is 0 Å². The van der Waals surface area contributed by atoms with Gasteiger partial charge in [0.2, 0.25) is 0 Å². The van der Waals surface area contributed by atoms with Gasteiger partial charge in [-0.15, -0.1) is 34.4 Å². The van der Waals surface area contributed by atoms with Gasteiger partial charge in [-0.25, -0.2) is 0 Å². The van der Waals surface area contributed by atoms with Crippen LogP contribution >= 0.6 is 46.2 Å². The number of benzene rings is 3. The molecule has 1 atom stereocenters. The van der Waals surface area contributed by atoms with Gasteiger partial charge in [0, 0.05) is 50.7 Å². The van der Waals surface area contributed by atoms with Crippen molar-refractivity contribution >= 4 is 87.6 Å². The quantitative estimate of drug-likeness (QED) is 0.263. The summed E-state index contributed by atoms with van der Waals surface area (Å²) in [6, 6.07) is 30.8. The van der Waals surface area contributed by atoms with Crippen molar-refractivity contribution in [3.05, 3.63) is 120 Å². The first kappa shape index (κ1) is 25.0. The van der Waals surface area contributed by atoms with Gasteiger partial charge in [-0.1, -0.05) is 59.8 Å². The van der Waals surface area contributed by atoms with E-state index in [9.17, 15) is 5.11 Å². The lowest BCUT2D eigenvalue weighted by atomic mass is 10.1. The van der Waals surface area contributed by atoms with Crippen LogP contribution in [0.1, 0.15) is 16.7 Å². The lowest BCUT2D eigenvalue weighted by Gasteiger charge is -2.26. The molecule has 1 N–H and O–H groups in total. The molecule has 0 amide bonds. The molecule has 192 valence electrons. The topological polar surface area (TPSA) is 23.5 Å². The van der Waals surface area contributed by atoms with E-state index in [4.69, 9.17) is 0 Å². The van der Waals surface area contributed by atoms with Crippen molar-refractivity contribution in [2.45, 2.75) is 22.2 Å². The molecular weight excluding hydrogens is 555 g/mol. The Kier molecular flexibility index (Phi) is 6.75. The van der Waals surface area contributed by atoms with E-state index >= 15 is 0 Å². The molecule has 0 saturated carbocycles. The maximum absolute atomic E-state index is 9.81. The van der Waals surface area contributed by atoms with E-state index in [0.29, 0.717) is 0 Å². The Morgan fingerprint density at radius 3 is 1.82 bits per heavy atom. The Morgan fingerprint density at radius 2 is 1.26 bits per heavy atom. The molecule has 0 saturated heterocycles. The van der Waals surface area contributed by atoms with Crippen molar-refractivity contribution in [3.8, 4) is 0 Å². The average molecular weight is 580 g/mol. The largest absolute Gasteiger partial charge is 0.378 e. The Balaban J connectivity index is 1.21. The van der Waals surface area contributed by atoms with Gasteiger partial charge in [0.05, 0.1) is 0 Å². The van der Waals surface area contributed by atoms with Crippen LogP contribution in [0.25, 0.3) is 24.3 Å². The smallest absolute Gasteiger partial charge is 0.124 e. The van der Waals surface area contributed by atoms with Gasteiger partial charge in [0.1, 0.15) is 5.44 Å². The second-order valence-electron chi connectivity index (χ2n) is 9.59. The summed E-state index contributed by atoms with van der Waals surface area (Å²) in [5.41, 5.74) is 6.60. The summed E-state index contributed by atoms with van der Waals surface area (Å²) in [5, 5.41) is 9.81. The van der Waals surface area contributed by atoms with Crippen molar-refractivity contribution in [1.29, 1.82) is 0 Å². The van der Waals surface area contributed by atoms with Crippen LogP contribution in [-0.4, -0.2) is 16.3 Å². The fourth-order valence-corrected chi connectivity index (χ4v) is 9.38. The minimum Gasteiger partial charge on any atom is -0.378 e. The first-order valence-electron chi connectivity index (χ1n) is 12.8. The maximum Gasteiger partial charge on any atom is 0.124 e. The number of thioether (sulfide) groups is 2. The van der Waals surface area contributed by atoms with Crippen molar-refractivity contribution in [3.63, 3.8) is 0 Å². The van der Waals surface area contributed by atoms with E-state index in [-0.39, 0.29) is 0 Å². The number of thiophene rings is 2. The van der Waals surface area contributed by atoms with Crippen LogP contribution in [0, 0.1) is 6.92 Å². The number of rotatable bonds is 5. The number of hydrogen-bond acceptors (Lipinski definition) is 6. The van der Waals surface area contributed by atoms with Gasteiger partial charge in [-0.05, 0) is 84.8 Å². The van der Waals surface area contributed by atoms with Crippen molar-refractivity contribution < 1.29 is 5.11 Å². The van der Waals surface area contributed by atoms with Crippen LogP contribution in [0.4, 0.5) is 17.1 Å². The van der Waals surface area contributed by atoms with Crippen molar-refractivity contribution in [2.24, 2.45) is 0 Å². The summed E-state index contributed by atoms with van der Waals surface area (Å²) in [5.74, 6) is 1.10. The van der Waals surface area contributed by atoms with E-state index in [1.54, 1.807) is 11.3 Å². The highest BCUT2D eigenvalue weighted by Gasteiger charge is 2.15. The zero-order valence-corrected chi connectivity index (χ0v) is 24.5. The molecule has 2 aromatic heterocycles. The van der Waals surface area contributed by atoms with Crippen LogP contribution in [0.3, 0.4) is 0 Å². The fraction of sp³-hybridized carbons (Fsp3) is 0.0909. The van der Waals surface area contributed by atoms with Gasteiger partial charge < -0.3 is 10.0 Å². The van der Waals surface area contributed by atoms with Crippen LogP contribution in [0.15, 0.2) is 94.7 Å². The zero-order chi connectivity index (χ0) is 26.3. The molecule has 5 aromatic rings. The number of aliphatic hydroxyl groups is 1. The molecule has 3 aromatic carbocycles. The molecule has 0 bridgehead atoms. The third-order valence-electron chi connectivity index (χ3n) is 6.75. The minimum absolute atomic E-state index is 0.409. The third-order valence-corrected chi connectivity index (χ3v) is 11.1. The average Bonchev–Trinajstić information content (AvgIpc) is 3.69. The predicted molar refractivity (Wildman–Crippen MR) is 172 cm³/mol. The molecule has 39 heavy (non-hydrogen) atoms. The SMILES string of the molecule is Cc1ccc(N(c2ccc(/C=c3/cc4c(s3)=CCS4)cc2)c2ccc(/C=c3\cc4c(s3)=CC(O)S4)cc2)cc1. The maximum atomic E-state index is 9.81. The van der Waals surface area contributed by atoms with Crippen LogP contribution in [0.2, 0.25) is 0 Å². The van der Waals surface area contributed by atoms with Gasteiger partial charge in [0.25, 0.3) is 0 Å². The van der Waals surface area contributed by atoms with Gasteiger partial charge in [0.15, 0.2) is 0 Å². The Labute approximate surface area is 244 Å². The van der Waals surface area contributed by atoms with E-state index in [1.807, 2.05) is 29.2 Å². The summed E-state index contributed by atoms with van der Waals surface area (Å²) >= 11 is 7.03. The van der Waals surface area contributed by atoms with Crippen LogP contribution < -0.4 is 23.0 Å². The van der Waals surface area contributed by atoms with Crippen molar-refractivity contribution in [2.75, 3.05) is 10.7 Å². The first-order chi connectivity index (χ1) is 19.1. The van der Waals surface area contributed by atoms with Crippen molar-refractivity contribution in [1.82, 2.24) is 0 Å². The first-order valence-corrected chi connectivity index (χ1v) is 16.3. The Bertz CT molecular complexity index is 1900. The number of fused-ring (bicyclic) bond motifs is 2. The van der Waals surface area contributed by atoms with Gasteiger partial charge in [-0.2, -0.15) is 0 Å². The van der Waals surface area contributed by atoms with Gasteiger partial charge >= 0.3 is 0 Å². The number of aryl methyl sites for hydroxylation is 1. The lowest BCUT2D eigenvalue weighted by molar-refractivity contribution is 0.325. The van der Waals surface area contributed by atoms with Crippen LogP contribution in [0.5, 0.6) is 0 Å². The highest BCUT2D eigenvalue weighted by atomic mass is 32.2. The molecule has 0 radical (unpaired) electrons. The molecular formula is C33H25NOS4. The summed E-state index contributed by atoms with van der Waals surface area (Å²) in [7, 11) is 0. The van der Waals surface area contributed by atoms with E-state index < -0.39 is 5.44 Å². The Hall–Kier alpha value is -3.00. The summed E-state index contributed by atoms with van der Waals surface area (Å²) in [4.78, 5) is 4.89. The number of hydrogen-bond donors (Lipinski definition) is 1. The molecule has 4 heterocycles. The molecule has 0 fully saturated rings. The molecule has 2 nitrogen and oxygen atoms in total. The van der Waals surface area contributed by atoms with Gasteiger partial charge in [-0.3, -0.25) is 0 Å². The number of nitrogens with zero attached hydrogens (tertiary/aromatic N) is 1. The molecule has 2 aliphatic heterocycles. The second-order valence-corrected chi connectivity index (χ2v) is 14.0. The summed E-state index contributed by atoms with van der Waals surface area (Å²) < 4.78 is 5.09. The summed E-state index contributed by atoms with van der Waals surface area (Å²) in [6.07, 6.45) is 8.74. The summed E-state index contributed by atoms with van der Waals surface area (Å²) in [6.45, 7) is 2.12. The molecule has 7 rings (SSSR count). The molecule has 0 aliphatic carbocycles. The molecule has 6 heteroatoms. The second kappa shape index (κ2) is 10.5. The van der Waals surface area contributed by atoms with E-state index in [0.717, 1.165) is 28.4 Å². The number of aliphatic hydroxyl groups excluding tert-OH is 1. The lowest BCUT2D eigenvalue weighted by Crippen LogP contribution is -2.10. The zero-order valence-electron chi connectivity index (χ0n) is 21.2. The Morgan fingerprint density at radius 1 is 0.718 bits per heavy atom. The normalized spacial score (nSPS) is 16.6. The standard InChI is InChI=1S/C33H25NOS4/c1-21-2-8-24(9-3-21)34(25-10-4-22(5-11-25)16-27-18-30-29(37-27)14-15-36-30)26-12-6-23(7-13-26)17-28-19-31-32(38-28)20-33(35)39-31/h2-14,16-20,33,35H,15H2,1H3/b27-16-,28-17+. The number of anilines is 3. The highest BCUT2D eigenvalue weighted by molar-refractivity contribution is 8.00. The minimum atomic E-state index is -0.409. The molecule has 1 unspecified atom stereocenters. The fourth-order valence-electron chi connectivity index (χ4n) is 4.83. The monoisotopic (exact) mass is 579 g/mol. The predicted octanol–water partition coefficient (Wildman–Crippen LogP) is 6.34. The highest BCUT2D eigenvalue weighted by Crippen LogP contribution is 2.35. The third kappa shape index (κ3) is 5.28. The molecule has 0 spiro atoms.